The van der Waals surface area contributed by atoms with Crippen molar-refractivity contribution >= 4 is 11.7 Å². The predicted molar refractivity (Wildman–Crippen MR) is 157 cm³/mol. The molecule has 0 bridgehead atoms. The van der Waals surface area contributed by atoms with E-state index >= 15 is 0 Å². The van der Waals surface area contributed by atoms with Crippen LogP contribution in [0.5, 0.6) is 11.5 Å². The van der Waals surface area contributed by atoms with Crippen LogP contribution in [0.4, 0.5) is 0 Å². The molecule has 1 aromatic carbocycles. The largest absolute Gasteiger partial charge is 0.508 e. The van der Waals surface area contributed by atoms with Gasteiger partial charge in [0.2, 0.25) is 5.91 Å². The molecule has 0 spiro atoms. The number of carbonyl (C=O) groups excluding carboxylic acids is 2. The van der Waals surface area contributed by atoms with E-state index in [-0.39, 0.29) is 11.7 Å². The summed E-state index contributed by atoms with van der Waals surface area (Å²) < 4.78 is 5.57. The third-order valence-electron chi connectivity index (χ3n) is 11.1. The highest BCUT2D eigenvalue weighted by molar-refractivity contribution is 5.79. The SMILES string of the molecule is CC12CCCC1C1CCC3CC(=O)CCC3(C)C1CC2.CCCc1cc(O)cc(OCCCC(=O)N(C)C)c1. The molecule has 4 saturated carbocycles. The minimum atomic E-state index is 0.103. The highest BCUT2D eigenvalue weighted by atomic mass is 16.5. The smallest absolute Gasteiger partial charge is 0.222 e. The standard InChI is InChI=1S/C19H30O.C15H23NO3/c1-18-9-3-4-16(18)15-6-5-13-12-14(20)7-11-19(13,2)17(15)8-10-18;1-4-6-12-9-13(17)11-14(10-12)19-8-5-7-15(18)16(2)3/h13,15-17H,3-12H2,1-2H3;9-11,17H,4-8H2,1-3H3. The number of hydrogen-bond donors (Lipinski definition) is 1. The summed E-state index contributed by atoms with van der Waals surface area (Å²) in [7, 11) is 3.49. The molecule has 0 aromatic heterocycles. The second kappa shape index (κ2) is 12.6. The fraction of sp³-hybridized carbons (Fsp3) is 0.765. The van der Waals surface area contributed by atoms with Crippen LogP contribution >= 0.6 is 0 Å². The van der Waals surface area contributed by atoms with Crippen LogP contribution in [-0.4, -0.2) is 42.4 Å². The van der Waals surface area contributed by atoms with Gasteiger partial charge in [-0.1, -0.05) is 33.6 Å². The first-order chi connectivity index (χ1) is 18.6. The van der Waals surface area contributed by atoms with Gasteiger partial charge in [0, 0.05) is 39.4 Å². The first kappa shape index (κ1) is 29.9. The number of carbonyl (C=O) groups is 2. The van der Waals surface area contributed by atoms with Gasteiger partial charge in [0.05, 0.1) is 6.61 Å². The van der Waals surface area contributed by atoms with E-state index < -0.39 is 0 Å². The molecule has 5 heteroatoms. The molecule has 39 heavy (non-hydrogen) atoms. The fourth-order valence-electron chi connectivity index (χ4n) is 8.84. The average molecular weight is 540 g/mol. The summed E-state index contributed by atoms with van der Waals surface area (Å²) in [6, 6.07) is 5.30. The summed E-state index contributed by atoms with van der Waals surface area (Å²) >= 11 is 0. The van der Waals surface area contributed by atoms with Gasteiger partial charge in [-0.2, -0.15) is 0 Å². The number of phenolic OH excluding ortho intramolecular Hbond substituents is 1. The molecule has 6 unspecified atom stereocenters. The number of fused-ring (bicyclic) bond motifs is 5. The van der Waals surface area contributed by atoms with Gasteiger partial charge < -0.3 is 14.7 Å². The molecule has 4 aliphatic carbocycles. The maximum Gasteiger partial charge on any atom is 0.222 e. The van der Waals surface area contributed by atoms with Crippen molar-refractivity contribution in [2.45, 2.75) is 111 Å². The molecular weight excluding hydrogens is 486 g/mol. The van der Waals surface area contributed by atoms with Crippen molar-refractivity contribution in [3.63, 3.8) is 0 Å². The minimum Gasteiger partial charge on any atom is -0.508 e. The Morgan fingerprint density at radius 3 is 2.59 bits per heavy atom. The van der Waals surface area contributed by atoms with Gasteiger partial charge in [-0.3, -0.25) is 9.59 Å². The zero-order valence-corrected chi connectivity index (χ0v) is 25.3. The lowest BCUT2D eigenvalue weighted by atomic mass is 9.45. The van der Waals surface area contributed by atoms with Crippen LogP contribution in [0.3, 0.4) is 0 Å². The molecule has 0 aliphatic heterocycles. The Morgan fingerprint density at radius 1 is 1.05 bits per heavy atom. The number of phenols is 1. The lowest BCUT2D eigenvalue weighted by Crippen LogP contribution is -2.52. The predicted octanol–water partition coefficient (Wildman–Crippen LogP) is 7.58. The maximum absolute atomic E-state index is 11.9. The number of ketones is 1. The van der Waals surface area contributed by atoms with Gasteiger partial charge in [-0.05, 0) is 110 Å². The zero-order valence-electron chi connectivity index (χ0n) is 25.3. The molecule has 1 amide bonds. The molecule has 0 saturated heterocycles. The fourth-order valence-corrected chi connectivity index (χ4v) is 8.84. The van der Waals surface area contributed by atoms with E-state index in [1.54, 1.807) is 31.1 Å². The van der Waals surface area contributed by atoms with Crippen molar-refractivity contribution in [2.24, 2.45) is 34.5 Å². The topological polar surface area (TPSA) is 66.8 Å². The quantitative estimate of drug-likeness (QED) is 0.363. The number of aryl methyl sites for hydroxylation is 1. The van der Waals surface area contributed by atoms with Crippen molar-refractivity contribution in [3.05, 3.63) is 23.8 Å². The number of rotatable bonds is 7. The van der Waals surface area contributed by atoms with Gasteiger partial charge in [-0.25, -0.2) is 0 Å². The van der Waals surface area contributed by atoms with Gasteiger partial charge >= 0.3 is 0 Å². The second-order valence-electron chi connectivity index (χ2n) is 13.8. The van der Waals surface area contributed by atoms with E-state index in [9.17, 15) is 14.7 Å². The Labute approximate surface area is 237 Å². The molecule has 5 nitrogen and oxygen atoms in total. The number of hydrogen-bond acceptors (Lipinski definition) is 4. The van der Waals surface area contributed by atoms with Gasteiger partial charge in [0.15, 0.2) is 0 Å². The average Bonchev–Trinajstić information content (AvgIpc) is 3.29. The molecule has 1 aromatic rings. The first-order valence-electron chi connectivity index (χ1n) is 15.7. The molecule has 4 fully saturated rings. The first-order valence-corrected chi connectivity index (χ1v) is 15.7. The summed E-state index contributed by atoms with van der Waals surface area (Å²) in [6.07, 6.45) is 16.2. The highest BCUT2D eigenvalue weighted by Gasteiger charge is 2.57. The Kier molecular flexibility index (Phi) is 9.70. The Hall–Kier alpha value is -2.04. The van der Waals surface area contributed by atoms with E-state index in [1.165, 1.54) is 51.4 Å². The zero-order chi connectivity index (χ0) is 28.2. The Bertz CT molecular complexity index is 1000. The van der Waals surface area contributed by atoms with E-state index in [0.29, 0.717) is 41.8 Å². The van der Waals surface area contributed by atoms with Crippen molar-refractivity contribution in [3.8, 4) is 11.5 Å². The van der Waals surface area contributed by atoms with E-state index in [1.807, 2.05) is 6.07 Å². The molecule has 0 radical (unpaired) electrons. The van der Waals surface area contributed by atoms with Crippen LogP contribution in [0.1, 0.15) is 110 Å². The van der Waals surface area contributed by atoms with Crippen molar-refractivity contribution < 1.29 is 19.4 Å². The molecule has 0 heterocycles. The van der Waals surface area contributed by atoms with Crippen LogP contribution in [-0.2, 0) is 16.0 Å². The van der Waals surface area contributed by atoms with Crippen LogP contribution in [0.2, 0.25) is 0 Å². The number of nitrogens with zero attached hydrogens (tertiary/aromatic N) is 1. The number of benzene rings is 1. The minimum absolute atomic E-state index is 0.103. The van der Waals surface area contributed by atoms with Crippen LogP contribution in [0, 0.1) is 34.5 Å². The van der Waals surface area contributed by atoms with Crippen LogP contribution in [0.25, 0.3) is 0 Å². The normalized spacial score (nSPS) is 33.2. The molecule has 6 atom stereocenters. The van der Waals surface area contributed by atoms with Gasteiger partial charge in [0.25, 0.3) is 0 Å². The molecule has 4 aliphatic rings. The third-order valence-corrected chi connectivity index (χ3v) is 11.1. The summed E-state index contributed by atoms with van der Waals surface area (Å²) in [5, 5.41) is 9.60. The molecule has 1 N–H and O–H groups in total. The van der Waals surface area contributed by atoms with Gasteiger partial charge in [0.1, 0.15) is 17.3 Å². The summed E-state index contributed by atoms with van der Waals surface area (Å²) in [5.41, 5.74) is 2.25. The molecule has 218 valence electrons. The number of aromatic hydroxyl groups is 1. The van der Waals surface area contributed by atoms with E-state index in [2.05, 4.69) is 20.8 Å². The number of amides is 1. The highest BCUT2D eigenvalue weighted by Crippen LogP contribution is 2.65. The summed E-state index contributed by atoms with van der Waals surface area (Å²) in [5.74, 6) is 5.20. The lowest BCUT2D eigenvalue weighted by Gasteiger charge is -2.59. The Balaban J connectivity index is 0.000000181. The van der Waals surface area contributed by atoms with E-state index in [4.69, 9.17) is 4.74 Å². The lowest BCUT2D eigenvalue weighted by molar-refractivity contribution is -0.137. The summed E-state index contributed by atoms with van der Waals surface area (Å²) in [6.45, 7) is 7.71. The van der Waals surface area contributed by atoms with Crippen LogP contribution in [0.15, 0.2) is 18.2 Å². The van der Waals surface area contributed by atoms with E-state index in [0.717, 1.165) is 54.9 Å². The molecule has 5 rings (SSSR count). The van der Waals surface area contributed by atoms with Crippen molar-refractivity contribution in [2.75, 3.05) is 20.7 Å². The Morgan fingerprint density at radius 2 is 1.85 bits per heavy atom. The van der Waals surface area contributed by atoms with Crippen molar-refractivity contribution in [1.82, 2.24) is 4.90 Å². The van der Waals surface area contributed by atoms with Crippen molar-refractivity contribution in [1.29, 1.82) is 0 Å². The maximum atomic E-state index is 11.9. The number of Topliss-reactive ketones (excluding diaryl/α,β-unsaturated/α-hetero) is 1. The number of ether oxygens (including phenoxy) is 1. The van der Waals surface area contributed by atoms with Gasteiger partial charge in [-0.15, -0.1) is 0 Å². The third kappa shape index (κ3) is 6.82. The molecular formula is C34H53NO4. The van der Waals surface area contributed by atoms with Crippen LogP contribution < -0.4 is 4.74 Å². The monoisotopic (exact) mass is 539 g/mol. The second-order valence-corrected chi connectivity index (χ2v) is 13.8. The summed E-state index contributed by atoms with van der Waals surface area (Å²) in [4.78, 5) is 24.8.